The van der Waals surface area contributed by atoms with Crippen molar-refractivity contribution in [1.29, 1.82) is 0 Å². The Morgan fingerprint density at radius 1 is 1.46 bits per heavy atom. The molecule has 66 valence electrons. The van der Waals surface area contributed by atoms with Crippen LogP contribution in [-0.4, -0.2) is 16.2 Å². The van der Waals surface area contributed by atoms with E-state index in [1.165, 1.54) is 12.1 Å². The SMILES string of the molecule is O=C(O)CC#Cc1cccc(O)c1. The number of aromatic hydroxyl groups is 1. The predicted molar refractivity (Wildman–Crippen MR) is 47.2 cm³/mol. The van der Waals surface area contributed by atoms with Gasteiger partial charge in [-0.25, -0.2) is 0 Å². The van der Waals surface area contributed by atoms with Crippen LogP contribution in [0.15, 0.2) is 24.3 Å². The van der Waals surface area contributed by atoms with Crippen molar-refractivity contribution in [2.75, 3.05) is 0 Å². The standard InChI is InChI=1S/C10H8O3/c11-9-5-1-3-8(7-9)4-2-6-10(12)13/h1,3,5,7,11H,6H2,(H,12,13). The average molecular weight is 176 g/mol. The van der Waals surface area contributed by atoms with E-state index in [0.717, 1.165) is 0 Å². The third kappa shape index (κ3) is 3.30. The minimum Gasteiger partial charge on any atom is -0.508 e. The Labute approximate surface area is 75.6 Å². The smallest absolute Gasteiger partial charge is 0.315 e. The molecule has 1 aromatic rings. The van der Waals surface area contributed by atoms with Crippen LogP contribution in [0.3, 0.4) is 0 Å². The Kier molecular flexibility index (Phi) is 2.93. The van der Waals surface area contributed by atoms with Crippen molar-refractivity contribution in [3.05, 3.63) is 29.8 Å². The first kappa shape index (κ1) is 9.14. The molecule has 0 spiro atoms. The van der Waals surface area contributed by atoms with E-state index < -0.39 is 5.97 Å². The number of benzene rings is 1. The first-order chi connectivity index (χ1) is 6.18. The molecule has 3 nitrogen and oxygen atoms in total. The molecule has 3 heteroatoms. The molecule has 0 saturated carbocycles. The molecule has 2 N–H and O–H groups in total. The van der Waals surface area contributed by atoms with E-state index in [1.54, 1.807) is 12.1 Å². The molecule has 0 fully saturated rings. The highest BCUT2D eigenvalue weighted by Crippen LogP contribution is 2.09. The number of hydrogen-bond acceptors (Lipinski definition) is 2. The second-order valence-electron chi connectivity index (χ2n) is 2.42. The molecule has 0 saturated heterocycles. The maximum absolute atomic E-state index is 10.1. The van der Waals surface area contributed by atoms with Gasteiger partial charge in [0.05, 0.1) is 0 Å². The fraction of sp³-hybridized carbons (Fsp3) is 0.100. The molecule has 0 amide bonds. The molecule has 0 aliphatic carbocycles. The van der Waals surface area contributed by atoms with E-state index in [-0.39, 0.29) is 12.2 Å². The number of phenols is 1. The molecule has 0 atom stereocenters. The number of rotatable bonds is 1. The van der Waals surface area contributed by atoms with Crippen LogP contribution in [0.5, 0.6) is 5.75 Å². The van der Waals surface area contributed by atoms with Crippen molar-refractivity contribution in [3.8, 4) is 17.6 Å². The zero-order valence-electron chi connectivity index (χ0n) is 6.82. The van der Waals surface area contributed by atoms with Gasteiger partial charge in [-0.3, -0.25) is 4.79 Å². The van der Waals surface area contributed by atoms with E-state index in [2.05, 4.69) is 11.8 Å². The summed E-state index contributed by atoms with van der Waals surface area (Å²) in [6.07, 6.45) is -0.185. The lowest BCUT2D eigenvalue weighted by Gasteiger charge is -1.90. The van der Waals surface area contributed by atoms with E-state index in [9.17, 15) is 4.79 Å². The second kappa shape index (κ2) is 4.17. The number of carbonyl (C=O) groups is 1. The summed E-state index contributed by atoms with van der Waals surface area (Å²) in [6.45, 7) is 0. The first-order valence-corrected chi connectivity index (χ1v) is 3.68. The highest BCUT2D eigenvalue weighted by atomic mass is 16.4. The van der Waals surface area contributed by atoms with Gasteiger partial charge in [0, 0.05) is 5.56 Å². The number of hydrogen-bond donors (Lipinski definition) is 2. The van der Waals surface area contributed by atoms with Gasteiger partial charge in [0.25, 0.3) is 0 Å². The van der Waals surface area contributed by atoms with Crippen LogP contribution in [0.4, 0.5) is 0 Å². The zero-order chi connectivity index (χ0) is 9.68. The maximum atomic E-state index is 10.1. The highest BCUT2D eigenvalue weighted by molar-refractivity contribution is 5.70. The number of phenolic OH excluding ortho intramolecular Hbond substituents is 1. The maximum Gasteiger partial charge on any atom is 0.315 e. The Balaban J connectivity index is 2.72. The van der Waals surface area contributed by atoms with Crippen LogP contribution >= 0.6 is 0 Å². The van der Waals surface area contributed by atoms with Gasteiger partial charge in [-0.2, -0.15) is 0 Å². The third-order valence-electron chi connectivity index (χ3n) is 1.32. The average Bonchev–Trinajstić information content (AvgIpc) is 2.03. The summed E-state index contributed by atoms with van der Waals surface area (Å²) in [4.78, 5) is 10.1. The molecular formula is C10H8O3. The molecule has 0 aliphatic heterocycles. The van der Waals surface area contributed by atoms with Crippen molar-refractivity contribution in [3.63, 3.8) is 0 Å². The monoisotopic (exact) mass is 176 g/mol. The molecule has 0 heterocycles. The Hall–Kier alpha value is -1.95. The summed E-state index contributed by atoms with van der Waals surface area (Å²) in [6, 6.07) is 6.37. The fourth-order valence-corrected chi connectivity index (χ4v) is 0.806. The highest BCUT2D eigenvalue weighted by Gasteiger charge is 1.90. The Morgan fingerprint density at radius 2 is 2.23 bits per heavy atom. The van der Waals surface area contributed by atoms with Crippen molar-refractivity contribution in [2.45, 2.75) is 6.42 Å². The van der Waals surface area contributed by atoms with Crippen LogP contribution in [0.25, 0.3) is 0 Å². The molecule has 0 unspecified atom stereocenters. The van der Waals surface area contributed by atoms with E-state index in [0.29, 0.717) is 5.56 Å². The topological polar surface area (TPSA) is 57.5 Å². The number of carboxylic acid groups (broad SMARTS) is 1. The largest absolute Gasteiger partial charge is 0.508 e. The van der Waals surface area contributed by atoms with Gasteiger partial charge >= 0.3 is 5.97 Å². The zero-order valence-corrected chi connectivity index (χ0v) is 6.82. The van der Waals surface area contributed by atoms with Gasteiger partial charge in [-0.05, 0) is 18.2 Å². The van der Waals surface area contributed by atoms with Gasteiger partial charge in [-0.15, -0.1) is 0 Å². The number of carboxylic acids is 1. The van der Waals surface area contributed by atoms with Crippen molar-refractivity contribution >= 4 is 5.97 Å². The Morgan fingerprint density at radius 3 is 2.85 bits per heavy atom. The molecule has 1 rings (SSSR count). The minimum atomic E-state index is -0.951. The summed E-state index contributed by atoms with van der Waals surface area (Å²) in [5.41, 5.74) is 0.612. The quantitative estimate of drug-likeness (QED) is 0.632. The van der Waals surface area contributed by atoms with E-state index >= 15 is 0 Å². The van der Waals surface area contributed by atoms with Crippen LogP contribution < -0.4 is 0 Å². The molecule has 1 aromatic carbocycles. The van der Waals surface area contributed by atoms with Crippen LogP contribution in [0.2, 0.25) is 0 Å². The lowest BCUT2D eigenvalue weighted by Crippen LogP contribution is -1.90. The Bertz CT molecular complexity index is 371. The summed E-state index contributed by atoms with van der Waals surface area (Å²) in [7, 11) is 0. The van der Waals surface area contributed by atoms with Crippen molar-refractivity contribution < 1.29 is 15.0 Å². The van der Waals surface area contributed by atoms with Crippen LogP contribution in [-0.2, 0) is 4.79 Å². The summed E-state index contributed by atoms with van der Waals surface area (Å²) in [5, 5.41) is 17.3. The number of aliphatic carboxylic acids is 1. The van der Waals surface area contributed by atoms with Crippen molar-refractivity contribution in [1.82, 2.24) is 0 Å². The van der Waals surface area contributed by atoms with Gasteiger partial charge in [0.15, 0.2) is 0 Å². The van der Waals surface area contributed by atoms with Gasteiger partial charge in [-0.1, -0.05) is 17.9 Å². The first-order valence-electron chi connectivity index (χ1n) is 3.68. The normalized spacial score (nSPS) is 8.62. The molecular weight excluding hydrogens is 168 g/mol. The predicted octanol–water partition coefficient (Wildman–Crippen LogP) is 1.22. The lowest BCUT2D eigenvalue weighted by molar-refractivity contribution is -0.135. The second-order valence-corrected chi connectivity index (χ2v) is 2.42. The molecule has 0 bridgehead atoms. The van der Waals surface area contributed by atoms with Gasteiger partial charge in [0.2, 0.25) is 0 Å². The van der Waals surface area contributed by atoms with Gasteiger partial charge in [0.1, 0.15) is 12.2 Å². The van der Waals surface area contributed by atoms with Crippen LogP contribution in [0.1, 0.15) is 12.0 Å². The lowest BCUT2D eigenvalue weighted by atomic mass is 10.2. The van der Waals surface area contributed by atoms with Crippen molar-refractivity contribution in [2.24, 2.45) is 0 Å². The van der Waals surface area contributed by atoms with Gasteiger partial charge < -0.3 is 10.2 Å². The molecule has 0 radical (unpaired) electrons. The third-order valence-corrected chi connectivity index (χ3v) is 1.32. The minimum absolute atomic E-state index is 0.127. The summed E-state index contributed by atoms with van der Waals surface area (Å²) >= 11 is 0. The van der Waals surface area contributed by atoms with E-state index in [1.807, 2.05) is 0 Å². The molecule has 0 aromatic heterocycles. The summed E-state index contributed by atoms with van der Waals surface area (Å²) < 4.78 is 0. The van der Waals surface area contributed by atoms with E-state index in [4.69, 9.17) is 10.2 Å². The molecule has 0 aliphatic rings. The van der Waals surface area contributed by atoms with Crippen LogP contribution in [0, 0.1) is 11.8 Å². The molecule has 13 heavy (non-hydrogen) atoms. The summed E-state index contributed by atoms with van der Waals surface area (Å²) in [5.74, 6) is 4.27. The fourth-order valence-electron chi connectivity index (χ4n) is 0.806.